The molecule has 0 aliphatic carbocycles. The van der Waals surface area contributed by atoms with Crippen LogP contribution in [0.25, 0.3) is 5.65 Å². The lowest BCUT2D eigenvalue weighted by Gasteiger charge is -2.19. The van der Waals surface area contributed by atoms with Crippen molar-refractivity contribution in [2.75, 3.05) is 5.75 Å². The number of nitrogens with two attached hydrogens (primary N) is 1. The average molecular weight is 280 g/mol. The summed E-state index contributed by atoms with van der Waals surface area (Å²) in [5, 5.41) is 3.76. The molecule has 0 aromatic carbocycles. The van der Waals surface area contributed by atoms with Crippen molar-refractivity contribution in [2.45, 2.75) is 31.1 Å². The summed E-state index contributed by atoms with van der Waals surface area (Å²) >= 11 is 0. The predicted molar refractivity (Wildman–Crippen MR) is 71.3 cm³/mol. The van der Waals surface area contributed by atoms with Gasteiger partial charge in [0, 0.05) is 12.7 Å². The zero-order valence-electron chi connectivity index (χ0n) is 10.5. The Morgan fingerprint density at radius 2 is 2.21 bits per heavy atom. The highest BCUT2D eigenvalue weighted by atomic mass is 32.2. The van der Waals surface area contributed by atoms with Gasteiger partial charge in [-0.25, -0.2) is 17.9 Å². The van der Waals surface area contributed by atoms with Gasteiger partial charge in [0.2, 0.25) is 0 Å². The highest BCUT2D eigenvalue weighted by molar-refractivity contribution is 7.91. The van der Waals surface area contributed by atoms with E-state index in [4.69, 9.17) is 5.73 Å². The second-order valence-electron chi connectivity index (χ2n) is 4.87. The van der Waals surface area contributed by atoms with Crippen molar-refractivity contribution in [2.24, 2.45) is 5.73 Å². The summed E-state index contributed by atoms with van der Waals surface area (Å²) < 4.78 is 25.8. The molecule has 1 aliphatic rings. The summed E-state index contributed by atoms with van der Waals surface area (Å²) in [5.74, 6) is 0.648. The molecule has 1 fully saturated rings. The molecule has 1 atom stereocenters. The van der Waals surface area contributed by atoms with Gasteiger partial charge in [-0.05, 0) is 24.5 Å². The average Bonchev–Trinajstić information content (AvgIpc) is 2.80. The minimum absolute atomic E-state index is 0.237. The third-order valence-electron chi connectivity index (χ3n) is 3.51. The molecular formula is C12H16N4O2S. The lowest BCUT2D eigenvalue weighted by Crippen LogP contribution is -2.22. The molecule has 2 N–H and O–H groups in total. The first-order chi connectivity index (χ1) is 9.10. The number of nitrogens with zero attached hydrogens (tertiary/aromatic N) is 3. The molecule has 0 bridgehead atoms. The van der Waals surface area contributed by atoms with Gasteiger partial charge in [-0.15, -0.1) is 5.10 Å². The standard InChI is InChI=1S/C12H16N4O2S/c13-7-9-4-5-11-14-12(15-16(11)8-9)10-3-1-2-6-19(10,17)18/h4-5,8,10H,1-3,6-7,13H2. The van der Waals surface area contributed by atoms with Crippen molar-refractivity contribution in [3.05, 3.63) is 29.7 Å². The Balaban J connectivity index is 2.05. The molecule has 0 spiro atoms. The van der Waals surface area contributed by atoms with Crippen LogP contribution in [-0.2, 0) is 16.4 Å². The van der Waals surface area contributed by atoms with E-state index < -0.39 is 15.1 Å². The Kier molecular flexibility index (Phi) is 3.02. The second-order valence-corrected chi connectivity index (χ2v) is 7.17. The van der Waals surface area contributed by atoms with Crippen LogP contribution in [0.5, 0.6) is 0 Å². The van der Waals surface area contributed by atoms with Gasteiger partial charge in [0.05, 0.1) is 5.75 Å². The lowest BCUT2D eigenvalue weighted by atomic mass is 10.2. The summed E-state index contributed by atoms with van der Waals surface area (Å²) in [5.41, 5.74) is 7.18. The molecule has 2 aromatic rings. The van der Waals surface area contributed by atoms with E-state index in [1.165, 1.54) is 0 Å². The zero-order chi connectivity index (χ0) is 13.5. The summed E-state index contributed by atoms with van der Waals surface area (Å²) in [6.45, 7) is 0.423. The van der Waals surface area contributed by atoms with E-state index in [0.717, 1.165) is 18.4 Å². The van der Waals surface area contributed by atoms with Crippen molar-refractivity contribution in [1.82, 2.24) is 14.6 Å². The first kappa shape index (κ1) is 12.6. The molecular weight excluding hydrogens is 264 g/mol. The van der Waals surface area contributed by atoms with E-state index in [1.807, 2.05) is 12.1 Å². The normalized spacial score (nSPS) is 22.7. The SMILES string of the molecule is NCc1ccc2nc(C3CCCCS3(=O)=O)nn2c1. The number of hydrogen-bond donors (Lipinski definition) is 1. The Bertz CT molecular complexity index is 708. The monoisotopic (exact) mass is 280 g/mol. The van der Waals surface area contributed by atoms with Crippen molar-refractivity contribution < 1.29 is 8.42 Å². The van der Waals surface area contributed by atoms with Gasteiger partial charge < -0.3 is 5.73 Å². The maximum atomic E-state index is 12.1. The van der Waals surface area contributed by atoms with Crippen molar-refractivity contribution in [3.63, 3.8) is 0 Å². The van der Waals surface area contributed by atoms with Crippen molar-refractivity contribution in [3.8, 4) is 0 Å². The zero-order valence-corrected chi connectivity index (χ0v) is 11.3. The van der Waals surface area contributed by atoms with Crippen LogP contribution < -0.4 is 5.73 Å². The van der Waals surface area contributed by atoms with Crippen LogP contribution in [0.4, 0.5) is 0 Å². The second kappa shape index (κ2) is 4.57. The van der Waals surface area contributed by atoms with E-state index in [-0.39, 0.29) is 5.75 Å². The maximum Gasteiger partial charge on any atom is 0.169 e. The van der Waals surface area contributed by atoms with Gasteiger partial charge in [0.1, 0.15) is 5.25 Å². The summed E-state index contributed by atoms with van der Waals surface area (Å²) in [6, 6.07) is 3.69. The molecule has 2 aromatic heterocycles. The number of aromatic nitrogens is 3. The molecule has 1 saturated heterocycles. The quantitative estimate of drug-likeness (QED) is 0.879. The Hall–Kier alpha value is -1.47. The number of rotatable bonds is 2. The van der Waals surface area contributed by atoms with E-state index in [1.54, 1.807) is 10.7 Å². The number of hydrogen-bond acceptors (Lipinski definition) is 5. The molecule has 3 heterocycles. The molecule has 0 saturated carbocycles. The summed E-state index contributed by atoms with van der Waals surface area (Å²) in [6.07, 6.45) is 4.06. The Labute approximate surface area is 111 Å². The maximum absolute atomic E-state index is 12.1. The molecule has 0 radical (unpaired) electrons. The molecule has 6 nitrogen and oxygen atoms in total. The van der Waals surface area contributed by atoms with Gasteiger partial charge in [-0.2, -0.15) is 0 Å². The van der Waals surface area contributed by atoms with Crippen LogP contribution in [0.3, 0.4) is 0 Å². The van der Waals surface area contributed by atoms with Crippen LogP contribution >= 0.6 is 0 Å². The third-order valence-corrected chi connectivity index (χ3v) is 5.68. The van der Waals surface area contributed by atoms with E-state index in [0.29, 0.717) is 24.4 Å². The Morgan fingerprint density at radius 3 is 2.95 bits per heavy atom. The molecule has 102 valence electrons. The van der Waals surface area contributed by atoms with Crippen molar-refractivity contribution >= 4 is 15.5 Å². The topological polar surface area (TPSA) is 90.3 Å². The van der Waals surface area contributed by atoms with Gasteiger partial charge in [-0.3, -0.25) is 0 Å². The van der Waals surface area contributed by atoms with E-state index in [9.17, 15) is 8.42 Å². The van der Waals surface area contributed by atoms with Crippen LogP contribution in [0.15, 0.2) is 18.3 Å². The molecule has 7 heteroatoms. The third kappa shape index (κ3) is 2.23. The number of sulfone groups is 1. The van der Waals surface area contributed by atoms with E-state index >= 15 is 0 Å². The van der Waals surface area contributed by atoms with Gasteiger partial charge in [0.15, 0.2) is 21.3 Å². The van der Waals surface area contributed by atoms with Crippen LogP contribution in [-0.4, -0.2) is 28.8 Å². The molecule has 3 rings (SSSR count). The number of fused-ring (bicyclic) bond motifs is 1. The predicted octanol–water partition coefficient (Wildman–Crippen LogP) is 0.828. The van der Waals surface area contributed by atoms with Crippen LogP contribution in [0.2, 0.25) is 0 Å². The fourth-order valence-corrected chi connectivity index (χ4v) is 4.28. The Morgan fingerprint density at radius 1 is 1.37 bits per heavy atom. The molecule has 1 aliphatic heterocycles. The summed E-state index contributed by atoms with van der Waals surface area (Å²) in [7, 11) is -3.10. The minimum Gasteiger partial charge on any atom is -0.326 e. The van der Waals surface area contributed by atoms with Gasteiger partial charge >= 0.3 is 0 Å². The molecule has 0 amide bonds. The smallest absolute Gasteiger partial charge is 0.169 e. The lowest BCUT2D eigenvalue weighted by molar-refractivity contribution is 0.538. The first-order valence-corrected chi connectivity index (χ1v) is 8.08. The fraction of sp³-hybridized carbons (Fsp3) is 0.500. The van der Waals surface area contributed by atoms with E-state index in [2.05, 4.69) is 10.1 Å². The van der Waals surface area contributed by atoms with Crippen molar-refractivity contribution in [1.29, 1.82) is 0 Å². The van der Waals surface area contributed by atoms with Crippen LogP contribution in [0.1, 0.15) is 35.9 Å². The highest BCUT2D eigenvalue weighted by Crippen LogP contribution is 2.31. The minimum atomic E-state index is -3.10. The van der Waals surface area contributed by atoms with Gasteiger partial charge in [0.25, 0.3) is 0 Å². The largest absolute Gasteiger partial charge is 0.326 e. The highest BCUT2D eigenvalue weighted by Gasteiger charge is 2.33. The van der Waals surface area contributed by atoms with Crippen LogP contribution in [0, 0.1) is 0 Å². The first-order valence-electron chi connectivity index (χ1n) is 6.37. The molecule has 19 heavy (non-hydrogen) atoms. The fourth-order valence-electron chi connectivity index (χ4n) is 2.44. The van der Waals surface area contributed by atoms with Gasteiger partial charge in [-0.1, -0.05) is 12.5 Å². The molecule has 1 unspecified atom stereocenters. The summed E-state index contributed by atoms with van der Waals surface area (Å²) in [4.78, 5) is 4.34. The number of pyridine rings is 1.